The van der Waals surface area contributed by atoms with E-state index in [0.717, 1.165) is 6.61 Å². The first kappa shape index (κ1) is 16.2. The van der Waals surface area contributed by atoms with E-state index in [1.54, 1.807) is 0 Å². The van der Waals surface area contributed by atoms with Crippen LogP contribution in [0.1, 0.15) is 59.8 Å². The molecule has 0 spiro atoms. The number of unbranched alkanes of at least 4 members (excludes halogenated alkanes) is 3. The third-order valence-electron chi connectivity index (χ3n) is 4.44. The van der Waals surface area contributed by atoms with E-state index in [4.69, 9.17) is 9.16 Å². The molecule has 0 aliphatic carbocycles. The summed E-state index contributed by atoms with van der Waals surface area (Å²) in [5, 5.41) is 0.304. The lowest BCUT2D eigenvalue weighted by atomic mass is 10.1. The standard InChI is InChI=1S/C15H32O2Si/c1-7-8-9-10-11-13-14(17-13)12-16-18(5,6)15(2,3)4/h13-14H,7-12H2,1-6H3/t13-,14+/m1/s1. The minimum absolute atomic E-state index is 0.304. The minimum Gasteiger partial charge on any atom is -0.414 e. The number of epoxide rings is 1. The number of hydrogen-bond donors (Lipinski definition) is 0. The quantitative estimate of drug-likeness (QED) is 0.361. The molecule has 1 aliphatic rings. The van der Waals surface area contributed by atoms with Gasteiger partial charge in [0.1, 0.15) is 6.10 Å². The van der Waals surface area contributed by atoms with Gasteiger partial charge in [0.2, 0.25) is 0 Å². The fraction of sp³-hybridized carbons (Fsp3) is 1.00. The molecule has 1 saturated heterocycles. The highest BCUT2D eigenvalue weighted by Crippen LogP contribution is 2.38. The first-order chi connectivity index (χ1) is 8.28. The van der Waals surface area contributed by atoms with Crippen molar-refractivity contribution < 1.29 is 9.16 Å². The SMILES string of the molecule is CCCCCC[C@H]1O[C@H]1CO[Si](C)(C)C(C)(C)C. The predicted molar refractivity (Wildman–Crippen MR) is 80.6 cm³/mol. The van der Waals surface area contributed by atoms with Gasteiger partial charge in [-0.3, -0.25) is 0 Å². The number of hydrogen-bond acceptors (Lipinski definition) is 2. The molecule has 1 rings (SSSR count). The molecule has 0 N–H and O–H groups in total. The van der Waals surface area contributed by atoms with Crippen molar-refractivity contribution in [3.8, 4) is 0 Å². The number of rotatable bonds is 8. The van der Waals surface area contributed by atoms with Crippen LogP contribution in [-0.2, 0) is 9.16 Å². The maximum absolute atomic E-state index is 6.19. The largest absolute Gasteiger partial charge is 0.414 e. The van der Waals surface area contributed by atoms with Crippen molar-refractivity contribution in [3.05, 3.63) is 0 Å². The van der Waals surface area contributed by atoms with E-state index in [1.165, 1.54) is 32.1 Å². The fourth-order valence-electron chi connectivity index (χ4n) is 1.86. The van der Waals surface area contributed by atoms with Crippen molar-refractivity contribution in [1.82, 2.24) is 0 Å². The molecule has 108 valence electrons. The van der Waals surface area contributed by atoms with E-state index in [2.05, 4.69) is 40.8 Å². The summed E-state index contributed by atoms with van der Waals surface area (Å²) in [6.45, 7) is 14.6. The topological polar surface area (TPSA) is 21.8 Å². The Morgan fingerprint density at radius 3 is 2.28 bits per heavy atom. The Balaban J connectivity index is 2.12. The van der Waals surface area contributed by atoms with Gasteiger partial charge in [0.15, 0.2) is 8.32 Å². The average molecular weight is 273 g/mol. The van der Waals surface area contributed by atoms with Gasteiger partial charge >= 0.3 is 0 Å². The highest BCUT2D eigenvalue weighted by atomic mass is 28.4. The fourth-order valence-corrected chi connectivity index (χ4v) is 2.87. The van der Waals surface area contributed by atoms with Gasteiger partial charge in [0.25, 0.3) is 0 Å². The lowest BCUT2D eigenvalue weighted by molar-refractivity contribution is 0.241. The molecule has 18 heavy (non-hydrogen) atoms. The molecule has 1 heterocycles. The molecule has 3 heteroatoms. The summed E-state index contributed by atoms with van der Waals surface area (Å²) in [6.07, 6.45) is 7.45. The van der Waals surface area contributed by atoms with Crippen LogP contribution in [0.4, 0.5) is 0 Å². The maximum Gasteiger partial charge on any atom is 0.192 e. The third-order valence-corrected chi connectivity index (χ3v) is 8.95. The second-order valence-corrected chi connectivity index (χ2v) is 11.9. The van der Waals surface area contributed by atoms with E-state index in [9.17, 15) is 0 Å². The Kier molecular flexibility index (Phi) is 5.88. The zero-order valence-electron chi connectivity index (χ0n) is 13.2. The molecule has 1 fully saturated rings. The summed E-state index contributed by atoms with van der Waals surface area (Å²) in [4.78, 5) is 0. The average Bonchev–Trinajstić information content (AvgIpc) is 2.99. The van der Waals surface area contributed by atoms with Gasteiger partial charge in [-0.1, -0.05) is 53.4 Å². The highest BCUT2D eigenvalue weighted by Gasteiger charge is 2.42. The molecule has 0 saturated carbocycles. The molecule has 0 aromatic heterocycles. The van der Waals surface area contributed by atoms with Gasteiger partial charge in [-0.15, -0.1) is 0 Å². The molecule has 0 radical (unpaired) electrons. The van der Waals surface area contributed by atoms with Crippen molar-refractivity contribution >= 4 is 8.32 Å². The van der Waals surface area contributed by atoms with Crippen molar-refractivity contribution in [2.45, 2.75) is 90.1 Å². The number of ether oxygens (including phenoxy) is 1. The second kappa shape index (κ2) is 6.53. The summed E-state index contributed by atoms with van der Waals surface area (Å²) in [5.41, 5.74) is 0. The van der Waals surface area contributed by atoms with Crippen LogP contribution in [0.3, 0.4) is 0 Å². The summed E-state index contributed by atoms with van der Waals surface area (Å²) in [7, 11) is -1.58. The smallest absolute Gasteiger partial charge is 0.192 e. The van der Waals surface area contributed by atoms with Gasteiger partial charge in [-0.25, -0.2) is 0 Å². The van der Waals surface area contributed by atoms with E-state index in [-0.39, 0.29) is 0 Å². The van der Waals surface area contributed by atoms with Crippen LogP contribution in [-0.4, -0.2) is 27.1 Å². The summed E-state index contributed by atoms with van der Waals surface area (Å²) in [5.74, 6) is 0. The lowest BCUT2D eigenvalue weighted by Crippen LogP contribution is -2.41. The first-order valence-electron chi connectivity index (χ1n) is 7.57. The maximum atomic E-state index is 6.19. The van der Waals surface area contributed by atoms with Crippen molar-refractivity contribution in [2.24, 2.45) is 0 Å². The van der Waals surface area contributed by atoms with Gasteiger partial charge in [-0.2, -0.15) is 0 Å². The Morgan fingerprint density at radius 2 is 1.72 bits per heavy atom. The predicted octanol–water partition coefficient (Wildman–Crippen LogP) is 4.75. The van der Waals surface area contributed by atoms with Crippen LogP contribution in [0, 0.1) is 0 Å². The van der Waals surface area contributed by atoms with Crippen molar-refractivity contribution in [2.75, 3.05) is 6.61 Å². The second-order valence-electron chi connectivity index (χ2n) is 7.13. The molecular weight excluding hydrogens is 240 g/mol. The van der Waals surface area contributed by atoms with Gasteiger partial charge < -0.3 is 9.16 Å². The molecular formula is C15H32O2Si. The Hall–Kier alpha value is 0.137. The third kappa shape index (κ3) is 5.02. The van der Waals surface area contributed by atoms with Gasteiger partial charge in [0, 0.05) is 0 Å². The van der Waals surface area contributed by atoms with Gasteiger partial charge in [-0.05, 0) is 24.6 Å². The van der Waals surface area contributed by atoms with Gasteiger partial charge in [0.05, 0.1) is 12.7 Å². The summed E-state index contributed by atoms with van der Waals surface area (Å²) < 4.78 is 11.9. The van der Waals surface area contributed by atoms with Crippen molar-refractivity contribution in [1.29, 1.82) is 0 Å². The first-order valence-corrected chi connectivity index (χ1v) is 10.5. The zero-order valence-corrected chi connectivity index (χ0v) is 14.2. The Bertz CT molecular complexity index is 245. The van der Waals surface area contributed by atoms with E-state index in [0.29, 0.717) is 17.2 Å². The summed E-state index contributed by atoms with van der Waals surface area (Å²) >= 11 is 0. The van der Waals surface area contributed by atoms with Crippen LogP contribution < -0.4 is 0 Å². The molecule has 0 amide bonds. The zero-order chi connectivity index (χ0) is 13.8. The van der Waals surface area contributed by atoms with Crippen LogP contribution in [0.25, 0.3) is 0 Å². The Labute approximate surface area is 115 Å². The van der Waals surface area contributed by atoms with Crippen molar-refractivity contribution in [3.63, 3.8) is 0 Å². The van der Waals surface area contributed by atoms with Crippen LogP contribution in [0.2, 0.25) is 18.1 Å². The van der Waals surface area contributed by atoms with E-state index >= 15 is 0 Å². The monoisotopic (exact) mass is 272 g/mol. The molecule has 2 atom stereocenters. The summed E-state index contributed by atoms with van der Waals surface area (Å²) in [6, 6.07) is 0. The van der Waals surface area contributed by atoms with E-state index < -0.39 is 8.32 Å². The molecule has 1 aliphatic heterocycles. The van der Waals surface area contributed by atoms with Crippen LogP contribution in [0.5, 0.6) is 0 Å². The van der Waals surface area contributed by atoms with Crippen LogP contribution in [0.15, 0.2) is 0 Å². The molecule has 0 bridgehead atoms. The normalized spacial score (nSPS) is 24.3. The highest BCUT2D eigenvalue weighted by molar-refractivity contribution is 6.74. The van der Waals surface area contributed by atoms with E-state index in [1.807, 2.05) is 0 Å². The molecule has 2 nitrogen and oxygen atoms in total. The molecule has 0 aromatic rings. The minimum atomic E-state index is -1.58. The molecule has 0 aromatic carbocycles. The lowest BCUT2D eigenvalue weighted by Gasteiger charge is -2.36. The molecule has 0 unspecified atom stereocenters. The Morgan fingerprint density at radius 1 is 1.06 bits per heavy atom. The van der Waals surface area contributed by atoms with Crippen LogP contribution >= 0.6 is 0 Å².